The number of ether oxygens (including phenoxy) is 2. The monoisotopic (exact) mass is 333 g/mol. The van der Waals surface area contributed by atoms with Gasteiger partial charge < -0.3 is 19.5 Å². The van der Waals surface area contributed by atoms with Crippen molar-refractivity contribution in [3.8, 4) is 11.5 Å². The molecule has 1 heterocycles. The van der Waals surface area contributed by atoms with Crippen LogP contribution in [0, 0.1) is 5.92 Å². The molecule has 1 N–H and O–H groups in total. The second kappa shape index (κ2) is 7.86. The number of nitrogens with zero attached hydrogens (tertiary/aromatic N) is 1. The molecule has 0 spiro atoms. The standard InChI is InChI=1S/C18H23NO5/c1-4-23-13-6-5-7-14(9-13)24-15-10-17(20)19(11-15)16(18(21)22)8-12(2)3/h5-7,9-10,12,16H,4,8,11H2,1-3H3,(H,21,22). The van der Waals surface area contributed by atoms with Crippen LogP contribution in [-0.4, -0.2) is 41.1 Å². The van der Waals surface area contributed by atoms with Gasteiger partial charge in [0.25, 0.3) is 5.91 Å². The molecule has 0 fully saturated rings. The summed E-state index contributed by atoms with van der Waals surface area (Å²) in [5, 5.41) is 9.40. The molecule has 0 saturated heterocycles. The van der Waals surface area contributed by atoms with E-state index >= 15 is 0 Å². The maximum absolute atomic E-state index is 12.2. The van der Waals surface area contributed by atoms with Gasteiger partial charge in [-0.3, -0.25) is 4.79 Å². The van der Waals surface area contributed by atoms with Gasteiger partial charge in [-0.15, -0.1) is 0 Å². The molecule has 1 amide bonds. The minimum Gasteiger partial charge on any atom is -0.494 e. The van der Waals surface area contributed by atoms with Crippen molar-refractivity contribution in [3.05, 3.63) is 36.1 Å². The Kier molecular flexibility index (Phi) is 5.84. The van der Waals surface area contributed by atoms with Gasteiger partial charge in [0.1, 0.15) is 23.3 Å². The lowest BCUT2D eigenvalue weighted by Crippen LogP contribution is -2.43. The summed E-state index contributed by atoms with van der Waals surface area (Å²) in [5.74, 6) is 0.511. The first-order valence-corrected chi connectivity index (χ1v) is 8.05. The van der Waals surface area contributed by atoms with Crippen molar-refractivity contribution in [1.82, 2.24) is 4.90 Å². The van der Waals surface area contributed by atoms with E-state index < -0.39 is 12.0 Å². The molecule has 24 heavy (non-hydrogen) atoms. The summed E-state index contributed by atoms with van der Waals surface area (Å²) in [5.41, 5.74) is 0. The zero-order valence-corrected chi connectivity index (χ0v) is 14.2. The number of aliphatic carboxylic acids is 1. The van der Waals surface area contributed by atoms with E-state index in [0.717, 1.165) is 0 Å². The number of carboxylic acids is 1. The van der Waals surface area contributed by atoms with Crippen LogP contribution in [0.1, 0.15) is 27.2 Å². The fraction of sp³-hybridized carbons (Fsp3) is 0.444. The summed E-state index contributed by atoms with van der Waals surface area (Å²) in [6.07, 6.45) is 1.76. The Morgan fingerprint density at radius 1 is 1.33 bits per heavy atom. The highest BCUT2D eigenvalue weighted by Crippen LogP contribution is 2.25. The van der Waals surface area contributed by atoms with Crippen LogP contribution in [0.2, 0.25) is 0 Å². The first-order valence-electron chi connectivity index (χ1n) is 8.05. The van der Waals surface area contributed by atoms with Crippen molar-refractivity contribution >= 4 is 11.9 Å². The average Bonchev–Trinajstić information content (AvgIpc) is 2.85. The molecule has 6 nitrogen and oxygen atoms in total. The number of carbonyl (C=O) groups excluding carboxylic acids is 1. The molecule has 1 unspecified atom stereocenters. The molecule has 0 bridgehead atoms. The van der Waals surface area contributed by atoms with E-state index in [-0.39, 0.29) is 18.4 Å². The zero-order chi connectivity index (χ0) is 17.7. The molecule has 0 aliphatic carbocycles. The zero-order valence-electron chi connectivity index (χ0n) is 14.2. The number of benzene rings is 1. The predicted molar refractivity (Wildman–Crippen MR) is 88.9 cm³/mol. The molecule has 130 valence electrons. The number of carboxylic acid groups (broad SMARTS) is 1. The van der Waals surface area contributed by atoms with Crippen molar-refractivity contribution in [1.29, 1.82) is 0 Å². The summed E-state index contributed by atoms with van der Waals surface area (Å²) in [7, 11) is 0. The lowest BCUT2D eigenvalue weighted by Gasteiger charge is -2.25. The largest absolute Gasteiger partial charge is 0.494 e. The normalized spacial score (nSPS) is 15.4. The summed E-state index contributed by atoms with van der Waals surface area (Å²) < 4.78 is 11.1. The molecule has 0 saturated carbocycles. The van der Waals surface area contributed by atoms with E-state index in [9.17, 15) is 14.7 Å². The molecule has 1 aromatic carbocycles. The fourth-order valence-electron chi connectivity index (χ4n) is 2.59. The minimum absolute atomic E-state index is 0.154. The topological polar surface area (TPSA) is 76.1 Å². The third kappa shape index (κ3) is 4.50. The fourth-order valence-corrected chi connectivity index (χ4v) is 2.59. The molecule has 6 heteroatoms. The van der Waals surface area contributed by atoms with Crippen molar-refractivity contribution < 1.29 is 24.2 Å². The lowest BCUT2D eigenvalue weighted by molar-refractivity contribution is -0.148. The molecule has 1 atom stereocenters. The van der Waals surface area contributed by atoms with E-state index in [0.29, 0.717) is 30.3 Å². The summed E-state index contributed by atoms with van der Waals surface area (Å²) in [6.45, 7) is 6.46. The molecule has 0 aromatic heterocycles. The van der Waals surface area contributed by atoms with Crippen molar-refractivity contribution in [2.75, 3.05) is 13.2 Å². The van der Waals surface area contributed by atoms with Gasteiger partial charge in [-0.2, -0.15) is 0 Å². The third-order valence-corrected chi connectivity index (χ3v) is 3.62. The van der Waals surface area contributed by atoms with Crippen LogP contribution in [0.25, 0.3) is 0 Å². The van der Waals surface area contributed by atoms with Gasteiger partial charge in [0, 0.05) is 12.1 Å². The summed E-state index contributed by atoms with van der Waals surface area (Å²) >= 11 is 0. The van der Waals surface area contributed by atoms with Gasteiger partial charge >= 0.3 is 5.97 Å². The van der Waals surface area contributed by atoms with Crippen molar-refractivity contribution in [2.45, 2.75) is 33.2 Å². The van der Waals surface area contributed by atoms with Gasteiger partial charge in [-0.25, -0.2) is 4.79 Å². The number of carbonyl (C=O) groups is 2. The van der Waals surface area contributed by atoms with Crippen LogP contribution in [0.5, 0.6) is 11.5 Å². The van der Waals surface area contributed by atoms with E-state index in [4.69, 9.17) is 9.47 Å². The van der Waals surface area contributed by atoms with Gasteiger partial charge in [-0.1, -0.05) is 19.9 Å². The van der Waals surface area contributed by atoms with Crippen LogP contribution in [0.3, 0.4) is 0 Å². The molecular formula is C18H23NO5. The number of hydrogen-bond acceptors (Lipinski definition) is 4. The molecule has 1 aromatic rings. The maximum Gasteiger partial charge on any atom is 0.326 e. The molecule has 1 aliphatic heterocycles. The third-order valence-electron chi connectivity index (χ3n) is 3.62. The highest BCUT2D eigenvalue weighted by molar-refractivity contribution is 5.94. The Balaban J connectivity index is 2.06. The average molecular weight is 333 g/mol. The SMILES string of the molecule is CCOc1cccc(OC2=CC(=O)N(C(CC(C)C)C(=O)O)C2)c1. The van der Waals surface area contributed by atoms with Crippen LogP contribution in [0.4, 0.5) is 0 Å². The summed E-state index contributed by atoms with van der Waals surface area (Å²) in [4.78, 5) is 25.0. The van der Waals surface area contributed by atoms with Gasteiger partial charge in [0.05, 0.1) is 13.2 Å². The molecular weight excluding hydrogens is 310 g/mol. The van der Waals surface area contributed by atoms with Gasteiger partial charge in [-0.05, 0) is 31.4 Å². The highest BCUT2D eigenvalue weighted by Gasteiger charge is 2.34. The second-order valence-corrected chi connectivity index (χ2v) is 6.07. The van der Waals surface area contributed by atoms with E-state index in [2.05, 4.69) is 0 Å². The lowest BCUT2D eigenvalue weighted by atomic mass is 10.0. The molecule has 2 rings (SSSR count). The number of amides is 1. The molecule has 0 radical (unpaired) electrons. The maximum atomic E-state index is 12.2. The van der Waals surface area contributed by atoms with E-state index in [1.807, 2.05) is 26.8 Å². The predicted octanol–water partition coefficient (Wildman–Crippen LogP) is 2.69. The first kappa shape index (κ1) is 17.8. The van der Waals surface area contributed by atoms with Crippen molar-refractivity contribution in [2.24, 2.45) is 5.92 Å². The van der Waals surface area contributed by atoms with E-state index in [1.54, 1.807) is 18.2 Å². The Labute approximate surface area is 141 Å². The Morgan fingerprint density at radius 3 is 2.67 bits per heavy atom. The van der Waals surface area contributed by atoms with Gasteiger partial charge in [0.2, 0.25) is 0 Å². The van der Waals surface area contributed by atoms with Crippen LogP contribution >= 0.6 is 0 Å². The molecule has 1 aliphatic rings. The number of rotatable bonds is 8. The smallest absolute Gasteiger partial charge is 0.326 e. The summed E-state index contributed by atoms with van der Waals surface area (Å²) in [6, 6.07) is 6.28. The first-order chi connectivity index (χ1) is 11.4. The minimum atomic E-state index is -0.995. The Bertz CT molecular complexity index is 638. The van der Waals surface area contributed by atoms with Crippen molar-refractivity contribution in [3.63, 3.8) is 0 Å². The van der Waals surface area contributed by atoms with Crippen LogP contribution < -0.4 is 9.47 Å². The highest BCUT2D eigenvalue weighted by atomic mass is 16.5. The Hall–Kier alpha value is -2.50. The second-order valence-electron chi connectivity index (χ2n) is 6.07. The Morgan fingerprint density at radius 2 is 2.04 bits per heavy atom. The van der Waals surface area contributed by atoms with Crippen LogP contribution in [0.15, 0.2) is 36.1 Å². The quantitative estimate of drug-likeness (QED) is 0.791. The van der Waals surface area contributed by atoms with Gasteiger partial charge in [0.15, 0.2) is 0 Å². The van der Waals surface area contributed by atoms with E-state index in [1.165, 1.54) is 11.0 Å². The van der Waals surface area contributed by atoms with Crippen LogP contribution in [-0.2, 0) is 9.59 Å². The number of hydrogen-bond donors (Lipinski definition) is 1.